The number of rotatable bonds is 5. The van der Waals surface area contributed by atoms with Gasteiger partial charge in [-0.2, -0.15) is 0 Å². The van der Waals surface area contributed by atoms with E-state index in [9.17, 15) is 0 Å². The van der Waals surface area contributed by atoms with Crippen LogP contribution in [0, 0.1) is 24.2 Å². The van der Waals surface area contributed by atoms with Crippen molar-refractivity contribution in [3.63, 3.8) is 0 Å². The molecule has 0 aromatic heterocycles. The maximum absolute atomic E-state index is 8.41. The molecule has 0 spiro atoms. The average molecular weight is 164 g/mol. The number of terminal acetylenes is 1. The zero-order valence-electron chi connectivity index (χ0n) is 7.47. The molecular weight excluding hydrogens is 148 g/mol. The third kappa shape index (κ3) is 9.08. The Morgan fingerprint density at radius 3 is 2.25 bits per heavy atom. The predicted octanol–water partition coefficient (Wildman–Crippen LogP) is 1.96. The van der Waals surface area contributed by atoms with Crippen molar-refractivity contribution >= 4 is 0 Å². The minimum atomic E-state index is 0.171. The Balaban J connectivity index is 3.02. The summed E-state index contributed by atoms with van der Waals surface area (Å²) in [5.41, 5.74) is 0. The Kier molecular flexibility index (Phi) is 9.31. The second kappa shape index (κ2) is 10.1. The van der Waals surface area contributed by atoms with Gasteiger partial charge in [0.05, 0.1) is 6.61 Å². The molecule has 0 atom stereocenters. The quantitative estimate of drug-likeness (QED) is 0.486. The maximum atomic E-state index is 8.41. The van der Waals surface area contributed by atoms with Gasteiger partial charge in [0.1, 0.15) is 0 Å². The third-order valence-electron chi connectivity index (χ3n) is 1.48. The fourth-order valence-electron chi connectivity index (χ4n) is 0.850. The highest BCUT2D eigenvalue weighted by atomic mass is 16.2. The van der Waals surface area contributed by atoms with E-state index in [0.29, 0.717) is 6.42 Å². The summed E-state index contributed by atoms with van der Waals surface area (Å²) < 4.78 is 0. The van der Waals surface area contributed by atoms with Crippen LogP contribution < -0.4 is 0 Å². The van der Waals surface area contributed by atoms with E-state index in [1.54, 1.807) is 0 Å². The Labute approximate surface area is 75.2 Å². The summed E-state index contributed by atoms with van der Waals surface area (Å²) in [5, 5.41) is 8.41. The minimum Gasteiger partial charge on any atom is -0.395 e. The zero-order valence-corrected chi connectivity index (χ0v) is 7.47. The monoisotopic (exact) mass is 164 g/mol. The van der Waals surface area contributed by atoms with Crippen molar-refractivity contribution in [1.29, 1.82) is 0 Å². The summed E-state index contributed by atoms with van der Waals surface area (Å²) in [4.78, 5) is 0. The number of aliphatic hydroxyl groups excluding tert-OH is 1. The number of hydrogen-bond donors (Lipinski definition) is 1. The van der Waals surface area contributed by atoms with E-state index in [2.05, 4.69) is 17.8 Å². The lowest BCUT2D eigenvalue weighted by molar-refractivity contribution is 0.305. The number of aliphatic hydroxyl groups is 1. The van der Waals surface area contributed by atoms with Gasteiger partial charge < -0.3 is 5.11 Å². The molecule has 0 amide bonds. The summed E-state index contributed by atoms with van der Waals surface area (Å²) in [6.45, 7) is 0.171. The van der Waals surface area contributed by atoms with Gasteiger partial charge in [-0.3, -0.25) is 0 Å². The van der Waals surface area contributed by atoms with Gasteiger partial charge in [-0.05, 0) is 12.8 Å². The van der Waals surface area contributed by atoms with Crippen molar-refractivity contribution < 1.29 is 5.11 Å². The summed E-state index contributed by atoms with van der Waals surface area (Å²) in [6.07, 6.45) is 10.9. The Morgan fingerprint density at radius 1 is 0.917 bits per heavy atom. The first-order chi connectivity index (χ1) is 5.91. The standard InChI is InChI=1S/C11H16O/c1-2-3-4-5-6-7-8-9-10-11-12/h1,12H,3-7,10-11H2. The smallest absolute Gasteiger partial charge is 0.0540 e. The third-order valence-corrected chi connectivity index (χ3v) is 1.48. The van der Waals surface area contributed by atoms with Gasteiger partial charge in [0.15, 0.2) is 0 Å². The average Bonchev–Trinajstić information content (AvgIpc) is 2.10. The minimum absolute atomic E-state index is 0.171. The van der Waals surface area contributed by atoms with Crippen molar-refractivity contribution in [2.24, 2.45) is 0 Å². The number of hydrogen-bond acceptors (Lipinski definition) is 1. The highest BCUT2D eigenvalue weighted by Gasteiger charge is 1.84. The van der Waals surface area contributed by atoms with E-state index < -0.39 is 0 Å². The molecule has 0 aliphatic heterocycles. The summed E-state index contributed by atoms with van der Waals surface area (Å²) >= 11 is 0. The molecule has 1 N–H and O–H groups in total. The molecule has 0 aromatic carbocycles. The molecule has 0 heterocycles. The Morgan fingerprint density at radius 2 is 1.58 bits per heavy atom. The number of unbranched alkanes of at least 4 members (excludes halogenated alkanes) is 4. The van der Waals surface area contributed by atoms with Crippen LogP contribution in [0.5, 0.6) is 0 Å². The lowest BCUT2D eigenvalue weighted by Crippen LogP contribution is -1.77. The molecule has 66 valence electrons. The lowest BCUT2D eigenvalue weighted by atomic mass is 10.1. The van der Waals surface area contributed by atoms with Gasteiger partial charge >= 0.3 is 0 Å². The molecule has 0 aliphatic rings. The molecule has 0 bridgehead atoms. The van der Waals surface area contributed by atoms with E-state index in [1.807, 2.05) is 0 Å². The second-order valence-corrected chi connectivity index (χ2v) is 2.59. The first kappa shape index (κ1) is 11.1. The molecule has 1 nitrogen and oxygen atoms in total. The van der Waals surface area contributed by atoms with Crippen molar-refractivity contribution in [3.05, 3.63) is 0 Å². The van der Waals surface area contributed by atoms with Crippen LogP contribution in [-0.4, -0.2) is 11.7 Å². The zero-order chi connectivity index (χ0) is 9.07. The van der Waals surface area contributed by atoms with Gasteiger partial charge in [0.25, 0.3) is 0 Å². The van der Waals surface area contributed by atoms with Crippen LogP contribution in [0.4, 0.5) is 0 Å². The van der Waals surface area contributed by atoms with E-state index in [0.717, 1.165) is 32.1 Å². The van der Waals surface area contributed by atoms with E-state index in [4.69, 9.17) is 11.5 Å². The molecule has 0 saturated carbocycles. The second-order valence-electron chi connectivity index (χ2n) is 2.59. The first-order valence-electron chi connectivity index (χ1n) is 4.42. The normalized spacial score (nSPS) is 8.33. The molecule has 1 heteroatoms. The van der Waals surface area contributed by atoms with E-state index in [1.165, 1.54) is 0 Å². The highest BCUT2D eigenvalue weighted by molar-refractivity contribution is 4.98. The van der Waals surface area contributed by atoms with Crippen molar-refractivity contribution in [3.8, 4) is 24.2 Å². The molecule has 0 fully saturated rings. The van der Waals surface area contributed by atoms with E-state index in [-0.39, 0.29) is 6.61 Å². The first-order valence-corrected chi connectivity index (χ1v) is 4.42. The molecule has 0 aromatic rings. The van der Waals surface area contributed by atoms with Crippen LogP contribution in [0.2, 0.25) is 0 Å². The summed E-state index contributed by atoms with van der Waals surface area (Å²) in [7, 11) is 0. The van der Waals surface area contributed by atoms with Gasteiger partial charge in [-0.1, -0.05) is 6.42 Å². The van der Waals surface area contributed by atoms with E-state index >= 15 is 0 Å². The van der Waals surface area contributed by atoms with Crippen LogP contribution in [0.1, 0.15) is 38.5 Å². The highest BCUT2D eigenvalue weighted by Crippen LogP contribution is 2.00. The predicted molar refractivity (Wildman–Crippen MR) is 51.4 cm³/mol. The topological polar surface area (TPSA) is 20.2 Å². The van der Waals surface area contributed by atoms with Crippen LogP contribution >= 0.6 is 0 Å². The van der Waals surface area contributed by atoms with Gasteiger partial charge in [-0.25, -0.2) is 0 Å². The van der Waals surface area contributed by atoms with Crippen molar-refractivity contribution in [2.45, 2.75) is 38.5 Å². The SMILES string of the molecule is C#CCCCCCC#CCCO. The Hall–Kier alpha value is -0.920. The van der Waals surface area contributed by atoms with Crippen molar-refractivity contribution in [1.82, 2.24) is 0 Å². The van der Waals surface area contributed by atoms with Crippen molar-refractivity contribution in [2.75, 3.05) is 6.61 Å². The summed E-state index contributed by atoms with van der Waals surface area (Å²) in [6, 6.07) is 0. The van der Waals surface area contributed by atoms with Gasteiger partial charge in [0, 0.05) is 19.3 Å². The molecule has 0 saturated heterocycles. The van der Waals surface area contributed by atoms with Crippen LogP contribution in [0.15, 0.2) is 0 Å². The van der Waals surface area contributed by atoms with Crippen LogP contribution in [0.3, 0.4) is 0 Å². The molecular formula is C11H16O. The fourth-order valence-corrected chi connectivity index (χ4v) is 0.850. The lowest BCUT2D eigenvalue weighted by Gasteiger charge is -1.91. The largest absolute Gasteiger partial charge is 0.395 e. The molecule has 0 rings (SSSR count). The molecule has 0 aliphatic carbocycles. The van der Waals surface area contributed by atoms with Gasteiger partial charge in [0.2, 0.25) is 0 Å². The summed E-state index contributed by atoms with van der Waals surface area (Å²) in [5.74, 6) is 8.50. The van der Waals surface area contributed by atoms with Gasteiger partial charge in [-0.15, -0.1) is 24.2 Å². The fraction of sp³-hybridized carbons (Fsp3) is 0.636. The van der Waals surface area contributed by atoms with Crippen LogP contribution in [0.25, 0.3) is 0 Å². The molecule has 12 heavy (non-hydrogen) atoms. The van der Waals surface area contributed by atoms with Crippen LogP contribution in [-0.2, 0) is 0 Å². The molecule has 0 radical (unpaired) electrons. The Bertz CT molecular complexity index is 177. The molecule has 0 unspecified atom stereocenters. The maximum Gasteiger partial charge on any atom is 0.0540 e.